The molecule has 1 aromatic rings. The van der Waals surface area contributed by atoms with E-state index in [9.17, 15) is 0 Å². The van der Waals surface area contributed by atoms with Gasteiger partial charge >= 0.3 is 0 Å². The van der Waals surface area contributed by atoms with Gasteiger partial charge in [-0.05, 0) is 48.6 Å². The third-order valence-electron chi connectivity index (χ3n) is 1.83. The monoisotopic (exact) mass is 274 g/mol. The van der Waals surface area contributed by atoms with Crippen LogP contribution < -0.4 is 0 Å². The van der Waals surface area contributed by atoms with Crippen LogP contribution in [-0.2, 0) is 0 Å². The third kappa shape index (κ3) is 3.59. The van der Waals surface area contributed by atoms with Crippen molar-refractivity contribution in [1.29, 1.82) is 0 Å². The van der Waals surface area contributed by atoms with Gasteiger partial charge in [-0.3, -0.25) is 0 Å². The highest BCUT2D eigenvalue weighted by atomic mass is 79.9. The molecule has 78 valence electrons. The molecule has 0 unspecified atom stereocenters. The van der Waals surface area contributed by atoms with Gasteiger partial charge in [0.1, 0.15) is 5.03 Å². The van der Waals surface area contributed by atoms with E-state index in [1.54, 1.807) is 11.8 Å². The predicted molar refractivity (Wildman–Crippen MR) is 66.0 cm³/mol. The van der Waals surface area contributed by atoms with Gasteiger partial charge in [-0.2, -0.15) is 0 Å². The van der Waals surface area contributed by atoms with Crippen molar-refractivity contribution in [3.05, 3.63) is 22.3 Å². The molecule has 4 heteroatoms. The minimum atomic E-state index is 1.07. The fourth-order valence-electron chi connectivity index (χ4n) is 0.941. The number of hydrogen-bond acceptors (Lipinski definition) is 3. The summed E-state index contributed by atoms with van der Waals surface area (Å²) in [5, 5.41) is 1.09. The largest absolute Gasteiger partial charge is 0.309 e. The van der Waals surface area contributed by atoms with Crippen molar-refractivity contribution in [2.45, 2.75) is 11.9 Å². The predicted octanol–water partition coefficient (Wildman–Crippen LogP) is 2.81. The highest BCUT2D eigenvalue weighted by Gasteiger charge is 2.04. The number of aryl methyl sites for hydroxylation is 1. The number of aromatic nitrogens is 1. The first-order valence-corrected chi connectivity index (χ1v) is 6.27. The molecule has 0 radical (unpaired) electrons. The van der Waals surface area contributed by atoms with Gasteiger partial charge < -0.3 is 4.90 Å². The van der Waals surface area contributed by atoms with Gasteiger partial charge in [0.25, 0.3) is 0 Å². The zero-order valence-corrected chi connectivity index (χ0v) is 11.2. The van der Waals surface area contributed by atoms with E-state index in [4.69, 9.17) is 0 Å². The van der Waals surface area contributed by atoms with E-state index in [0.29, 0.717) is 0 Å². The first kappa shape index (κ1) is 12.0. The van der Waals surface area contributed by atoms with Gasteiger partial charge in [-0.1, -0.05) is 0 Å². The molecule has 14 heavy (non-hydrogen) atoms. The molecule has 0 saturated heterocycles. The molecule has 1 heterocycles. The molecule has 0 aliphatic carbocycles. The summed E-state index contributed by atoms with van der Waals surface area (Å²) >= 11 is 5.34. The molecule has 0 saturated carbocycles. The van der Waals surface area contributed by atoms with Crippen molar-refractivity contribution in [3.8, 4) is 0 Å². The molecule has 1 aromatic heterocycles. The number of halogens is 1. The van der Waals surface area contributed by atoms with Crippen LogP contribution in [0.25, 0.3) is 0 Å². The first-order chi connectivity index (χ1) is 6.61. The minimum Gasteiger partial charge on any atom is -0.309 e. The van der Waals surface area contributed by atoms with Crippen molar-refractivity contribution >= 4 is 27.7 Å². The van der Waals surface area contributed by atoms with Crippen molar-refractivity contribution < 1.29 is 0 Å². The number of nitrogens with zero attached hydrogens (tertiary/aromatic N) is 2. The summed E-state index contributed by atoms with van der Waals surface area (Å²) in [5.74, 6) is 1.07. The first-order valence-electron chi connectivity index (χ1n) is 4.50. The molecule has 0 aromatic carbocycles. The Bertz CT molecular complexity index is 302. The Morgan fingerprint density at radius 2 is 2.21 bits per heavy atom. The third-order valence-corrected chi connectivity index (χ3v) is 4.06. The zero-order chi connectivity index (χ0) is 10.6. The van der Waals surface area contributed by atoms with Crippen LogP contribution in [0.1, 0.15) is 5.56 Å². The molecule has 0 aliphatic heterocycles. The van der Waals surface area contributed by atoms with Crippen LogP contribution in [0.15, 0.2) is 21.8 Å². The molecule has 1 rings (SSSR count). The normalized spacial score (nSPS) is 10.9. The Morgan fingerprint density at radius 3 is 2.86 bits per heavy atom. The van der Waals surface area contributed by atoms with Gasteiger partial charge in [0.15, 0.2) is 0 Å². The summed E-state index contributed by atoms with van der Waals surface area (Å²) < 4.78 is 1.13. The second-order valence-corrected chi connectivity index (χ2v) is 5.28. The highest BCUT2D eigenvalue weighted by molar-refractivity contribution is 9.10. The maximum atomic E-state index is 4.33. The summed E-state index contributed by atoms with van der Waals surface area (Å²) in [6.45, 7) is 3.16. The summed E-state index contributed by atoms with van der Waals surface area (Å²) in [4.78, 5) is 6.51. The number of thioether (sulfide) groups is 1. The lowest BCUT2D eigenvalue weighted by molar-refractivity contribution is 0.437. The number of hydrogen-bond donors (Lipinski definition) is 0. The Hall–Kier alpha value is -0.0600. The van der Waals surface area contributed by atoms with E-state index in [1.165, 1.54) is 5.56 Å². The Labute approximate surface area is 98.2 Å². The molecule has 0 N–H and O–H groups in total. The molecule has 0 atom stereocenters. The fraction of sp³-hybridized carbons (Fsp3) is 0.500. The van der Waals surface area contributed by atoms with E-state index in [0.717, 1.165) is 21.8 Å². The number of rotatable bonds is 4. The molecule has 0 bridgehead atoms. The van der Waals surface area contributed by atoms with Crippen LogP contribution >= 0.6 is 27.7 Å². The lowest BCUT2D eigenvalue weighted by Crippen LogP contribution is -2.14. The number of pyridine rings is 1. The zero-order valence-electron chi connectivity index (χ0n) is 8.75. The Balaban J connectivity index is 2.54. The molecular formula is C10H15BrN2S. The van der Waals surface area contributed by atoms with Crippen molar-refractivity contribution in [2.24, 2.45) is 0 Å². The summed E-state index contributed by atoms with van der Waals surface area (Å²) in [5.41, 5.74) is 1.24. The van der Waals surface area contributed by atoms with Gasteiger partial charge in [0.05, 0.1) is 4.47 Å². The second-order valence-electron chi connectivity index (χ2n) is 3.40. The van der Waals surface area contributed by atoms with E-state index >= 15 is 0 Å². The average molecular weight is 275 g/mol. The lowest BCUT2D eigenvalue weighted by Gasteiger charge is -2.09. The minimum absolute atomic E-state index is 1.07. The summed E-state index contributed by atoms with van der Waals surface area (Å²) in [6.07, 6.45) is 1.86. The molecule has 2 nitrogen and oxygen atoms in total. The van der Waals surface area contributed by atoms with E-state index in [1.807, 2.05) is 12.3 Å². The Morgan fingerprint density at radius 1 is 1.50 bits per heavy atom. The SMILES string of the molecule is Cc1ccnc(SCCN(C)C)c1Br. The van der Waals surface area contributed by atoms with E-state index < -0.39 is 0 Å². The quantitative estimate of drug-likeness (QED) is 0.786. The van der Waals surface area contributed by atoms with Crippen molar-refractivity contribution in [3.63, 3.8) is 0 Å². The van der Waals surface area contributed by atoms with Crippen LogP contribution in [0, 0.1) is 6.92 Å². The highest BCUT2D eigenvalue weighted by Crippen LogP contribution is 2.27. The maximum Gasteiger partial charge on any atom is 0.110 e. The summed E-state index contributed by atoms with van der Waals surface area (Å²) in [6, 6.07) is 2.01. The molecule has 0 spiro atoms. The van der Waals surface area contributed by atoms with Crippen LogP contribution in [-0.4, -0.2) is 36.3 Å². The smallest absolute Gasteiger partial charge is 0.110 e. The molecule has 0 amide bonds. The standard InChI is InChI=1S/C10H15BrN2S/c1-8-4-5-12-10(9(8)11)14-7-6-13(2)3/h4-5H,6-7H2,1-3H3. The van der Waals surface area contributed by atoms with Crippen LogP contribution in [0.4, 0.5) is 0 Å². The van der Waals surface area contributed by atoms with Crippen LogP contribution in [0.2, 0.25) is 0 Å². The molecular weight excluding hydrogens is 260 g/mol. The van der Waals surface area contributed by atoms with E-state index in [2.05, 4.69) is 46.8 Å². The summed E-state index contributed by atoms with van der Waals surface area (Å²) in [7, 11) is 4.17. The Kier molecular flexibility index (Phi) is 4.92. The topological polar surface area (TPSA) is 16.1 Å². The lowest BCUT2D eigenvalue weighted by atomic mass is 10.3. The van der Waals surface area contributed by atoms with Crippen molar-refractivity contribution in [2.75, 3.05) is 26.4 Å². The second kappa shape index (κ2) is 5.73. The van der Waals surface area contributed by atoms with Gasteiger partial charge in [-0.25, -0.2) is 4.98 Å². The van der Waals surface area contributed by atoms with Crippen molar-refractivity contribution in [1.82, 2.24) is 9.88 Å². The van der Waals surface area contributed by atoms with Gasteiger partial charge in [-0.15, -0.1) is 11.8 Å². The van der Waals surface area contributed by atoms with E-state index in [-0.39, 0.29) is 0 Å². The van der Waals surface area contributed by atoms with Gasteiger partial charge in [0, 0.05) is 18.5 Å². The fourth-order valence-corrected chi connectivity index (χ4v) is 2.59. The van der Waals surface area contributed by atoms with Crippen LogP contribution in [0.3, 0.4) is 0 Å². The molecule has 0 fully saturated rings. The molecule has 0 aliphatic rings. The average Bonchev–Trinajstić information content (AvgIpc) is 2.12. The van der Waals surface area contributed by atoms with Gasteiger partial charge in [0.2, 0.25) is 0 Å². The van der Waals surface area contributed by atoms with Crippen LogP contribution in [0.5, 0.6) is 0 Å². The maximum absolute atomic E-state index is 4.33.